The molecule has 3 heteroatoms. The van der Waals surface area contributed by atoms with Crippen LogP contribution >= 0.6 is 0 Å². The van der Waals surface area contributed by atoms with E-state index in [4.69, 9.17) is 16.6 Å². The number of rotatable bonds is 2. The number of aliphatic hydroxyl groups is 1. The molecule has 0 heterocycles. The van der Waals surface area contributed by atoms with E-state index in [1.165, 1.54) is 0 Å². The van der Waals surface area contributed by atoms with Crippen LogP contribution < -0.4 is 11.5 Å². The van der Waals surface area contributed by atoms with Gasteiger partial charge in [0.2, 0.25) is 0 Å². The quantitative estimate of drug-likeness (QED) is 0.451. The summed E-state index contributed by atoms with van der Waals surface area (Å²) < 4.78 is 0. The van der Waals surface area contributed by atoms with Crippen molar-refractivity contribution in [1.29, 1.82) is 0 Å². The first kappa shape index (κ1) is 10.8. The third kappa shape index (κ3) is 39.6. The highest BCUT2D eigenvalue weighted by Crippen LogP contribution is 1.62. The average molecular weight is 120 g/mol. The standard InChI is InChI=1S/C3H9NO.C2H7N/c4-2-1-3-5;1-2-3/h5H,1-4H2;2-3H2,1H3. The molecule has 0 fully saturated rings. The van der Waals surface area contributed by atoms with E-state index < -0.39 is 0 Å². The van der Waals surface area contributed by atoms with Gasteiger partial charge in [-0.2, -0.15) is 0 Å². The first-order valence-electron chi connectivity index (χ1n) is 2.84. The molecule has 8 heavy (non-hydrogen) atoms. The second kappa shape index (κ2) is 15.8. The fraction of sp³-hybridized carbons (Fsp3) is 1.00. The van der Waals surface area contributed by atoms with E-state index in [2.05, 4.69) is 0 Å². The fourth-order valence-corrected chi connectivity index (χ4v) is 0.0913. The number of nitrogens with two attached hydrogens (primary N) is 2. The van der Waals surface area contributed by atoms with Crippen LogP contribution in [0.25, 0.3) is 0 Å². The summed E-state index contributed by atoms with van der Waals surface area (Å²) in [6.07, 6.45) is 0.722. The molecule has 0 aromatic rings. The van der Waals surface area contributed by atoms with E-state index in [0.29, 0.717) is 6.54 Å². The van der Waals surface area contributed by atoms with E-state index >= 15 is 0 Å². The van der Waals surface area contributed by atoms with Gasteiger partial charge >= 0.3 is 0 Å². The summed E-state index contributed by atoms with van der Waals surface area (Å²) in [5, 5.41) is 7.99. The Morgan fingerprint density at radius 1 is 1.38 bits per heavy atom. The molecule has 5 N–H and O–H groups in total. The number of hydrogen-bond donors (Lipinski definition) is 3. The van der Waals surface area contributed by atoms with Crippen LogP contribution in [0.2, 0.25) is 0 Å². The first-order valence-corrected chi connectivity index (χ1v) is 2.84. The van der Waals surface area contributed by atoms with E-state index in [1.54, 1.807) is 0 Å². The van der Waals surface area contributed by atoms with Gasteiger partial charge in [-0.25, -0.2) is 0 Å². The van der Waals surface area contributed by atoms with Crippen LogP contribution in [0.1, 0.15) is 13.3 Å². The highest BCUT2D eigenvalue weighted by Gasteiger charge is 1.69. The van der Waals surface area contributed by atoms with Crippen LogP contribution in [0.4, 0.5) is 0 Å². The summed E-state index contributed by atoms with van der Waals surface area (Å²) in [6.45, 7) is 3.47. The van der Waals surface area contributed by atoms with Gasteiger partial charge in [0.15, 0.2) is 0 Å². The molecule has 0 aromatic heterocycles. The topological polar surface area (TPSA) is 72.3 Å². The fourth-order valence-electron chi connectivity index (χ4n) is 0.0913. The smallest absolute Gasteiger partial charge is 0.0443 e. The van der Waals surface area contributed by atoms with Crippen LogP contribution in [0.15, 0.2) is 0 Å². The molecule has 0 amide bonds. The van der Waals surface area contributed by atoms with Gasteiger partial charge < -0.3 is 16.6 Å². The van der Waals surface area contributed by atoms with E-state index in [0.717, 1.165) is 13.0 Å². The van der Waals surface area contributed by atoms with Gasteiger partial charge in [-0.05, 0) is 19.5 Å². The van der Waals surface area contributed by atoms with Crippen molar-refractivity contribution in [1.82, 2.24) is 0 Å². The lowest BCUT2D eigenvalue weighted by Crippen LogP contribution is -1.99. The lowest BCUT2D eigenvalue weighted by Gasteiger charge is -1.80. The molecule has 0 rings (SSSR count). The van der Waals surface area contributed by atoms with E-state index in [1.807, 2.05) is 6.92 Å². The zero-order chi connectivity index (χ0) is 6.83. The molecule has 0 unspecified atom stereocenters. The van der Waals surface area contributed by atoms with Crippen molar-refractivity contribution in [3.63, 3.8) is 0 Å². The van der Waals surface area contributed by atoms with Gasteiger partial charge in [0.1, 0.15) is 0 Å². The molecule has 0 bridgehead atoms. The van der Waals surface area contributed by atoms with Gasteiger partial charge in [0.05, 0.1) is 0 Å². The third-order valence-corrected chi connectivity index (χ3v) is 0.362. The highest BCUT2D eigenvalue weighted by atomic mass is 16.2. The molecule has 0 aliphatic heterocycles. The minimum absolute atomic E-state index is 0.219. The second-order valence-corrected chi connectivity index (χ2v) is 1.27. The Morgan fingerprint density at radius 3 is 1.75 bits per heavy atom. The summed E-state index contributed by atoms with van der Waals surface area (Å²) in [5.41, 5.74) is 9.83. The normalized spacial score (nSPS) is 7.50. The molecule has 3 nitrogen and oxygen atoms in total. The third-order valence-electron chi connectivity index (χ3n) is 0.362. The molecular weight excluding hydrogens is 104 g/mol. The lowest BCUT2D eigenvalue weighted by molar-refractivity contribution is 0.291. The molecular formula is C5H16N2O. The van der Waals surface area contributed by atoms with Crippen LogP contribution in [0, 0.1) is 0 Å². The van der Waals surface area contributed by atoms with Crippen molar-refractivity contribution in [2.75, 3.05) is 19.7 Å². The zero-order valence-electron chi connectivity index (χ0n) is 5.43. The molecule has 0 atom stereocenters. The Bertz CT molecular complexity index is 24.4. The maximum absolute atomic E-state index is 7.99. The minimum Gasteiger partial charge on any atom is -0.396 e. The monoisotopic (exact) mass is 120 g/mol. The van der Waals surface area contributed by atoms with Gasteiger partial charge in [-0.1, -0.05) is 6.92 Å². The van der Waals surface area contributed by atoms with Crippen LogP contribution in [0.5, 0.6) is 0 Å². The van der Waals surface area contributed by atoms with Gasteiger partial charge in [-0.15, -0.1) is 0 Å². The molecule has 52 valence electrons. The van der Waals surface area contributed by atoms with Crippen molar-refractivity contribution >= 4 is 0 Å². The lowest BCUT2D eigenvalue weighted by atomic mass is 10.5. The highest BCUT2D eigenvalue weighted by molar-refractivity contribution is 4.28. The molecule has 0 aliphatic rings. The molecule has 0 aliphatic carbocycles. The Kier molecular flexibility index (Phi) is 21.3. The Hall–Kier alpha value is -0.120. The predicted octanol–water partition coefficient (Wildman–Crippen LogP) is -0.707. The van der Waals surface area contributed by atoms with Gasteiger partial charge in [0, 0.05) is 6.61 Å². The summed E-state index contributed by atoms with van der Waals surface area (Å²) in [6, 6.07) is 0. The predicted molar refractivity (Wildman–Crippen MR) is 35.5 cm³/mol. The average Bonchev–Trinajstić information content (AvgIpc) is 1.71. The van der Waals surface area contributed by atoms with E-state index in [-0.39, 0.29) is 6.61 Å². The van der Waals surface area contributed by atoms with Crippen molar-refractivity contribution in [2.45, 2.75) is 13.3 Å². The molecule has 0 saturated carbocycles. The minimum atomic E-state index is 0.219. The SMILES string of the molecule is CCN.NCCCO. The number of aliphatic hydroxyl groups excluding tert-OH is 1. The zero-order valence-corrected chi connectivity index (χ0v) is 5.43. The van der Waals surface area contributed by atoms with Crippen molar-refractivity contribution in [3.8, 4) is 0 Å². The summed E-state index contributed by atoms with van der Waals surface area (Å²) in [5.74, 6) is 0. The first-order chi connectivity index (χ1) is 3.83. The molecule has 0 saturated heterocycles. The largest absolute Gasteiger partial charge is 0.396 e. The molecule has 0 radical (unpaired) electrons. The summed E-state index contributed by atoms with van der Waals surface area (Å²) in [4.78, 5) is 0. The van der Waals surface area contributed by atoms with Crippen LogP contribution in [-0.4, -0.2) is 24.8 Å². The summed E-state index contributed by atoms with van der Waals surface area (Å²) in [7, 11) is 0. The Labute approximate surface area is 50.7 Å². The number of hydrogen-bond acceptors (Lipinski definition) is 3. The maximum atomic E-state index is 7.99. The summed E-state index contributed by atoms with van der Waals surface area (Å²) >= 11 is 0. The van der Waals surface area contributed by atoms with Gasteiger partial charge in [-0.3, -0.25) is 0 Å². The molecule has 0 aromatic carbocycles. The van der Waals surface area contributed by atoms with Crippen molar-refractivity contribution < 1.29 is 5.11 Å². The Balaban J connectivity index is 0. The van der Waals surface area contributed by atoms with Gasteiger partial charge in [0.25, 0.3) is 0 Å². The van der Waals surface area contributed by atoms with Crippen molar-refractivity contribution in [2.24, 2.45) is 11.5 Å². The second-order valence-electron chi connectivity index (χ2n) is 1.27. The Morgan fingerprint density at radius 2 is 1.75 bits per heavy atom. The van der Waals surface area contributed by atoms with Crippen LogP contribution in [-0.2, 0) is 0 Å². The molecule has 0 spiro atoms. The van der Waals surface area contributed by atoms with Crippen molar-refractivity contribution in [3.05, 3.63) is 0 Å². The maximum Gasteiger partial charge on any atom is 0.0443 e. The van der Waals surface area contributed by atoms with E-state index in [9.17, 15) is 0 Å². The van der Waals surface area contributed by atoms with Crippen LogP contribution in [0.3, 0.4) is 0 Å².